The van der Waals surface area contributed by atoms with Gasteiger partial charge in [0.2, 0.25) is 0 Å². The maximum absolute atomic E-state index is 12.1. The van der Waals surface area contributed by atoms with E-state index in [-0.39, 0.29) is 6.04 Å². The van der Waals surface area contributed by atoms with Crippen LogP contribution >= 0.6 is 15.9 Å². The lowest BCUT2D eigenvalue weighted by molar-refractivity contribution is 0.573. The van der Waals surface area contributed by atoms with Crippen molar-refractivity contribution in [3.05, 3.63) is 30.3 Å². The minimum atomic E-state index is -3.28. The largest absolute Gasteiger partial charge is 0.312 e. The molecule has 0 radical (unpaired) electrons. The lowest BCUT2D eigenvalue weighted by Gasteiger charge is -2.14. The molecule has 0 spiro atoms. The van der Waals surface area contributed by atoms with Crippen molar-refractivity contribution in [2.45, 2.75) is 28.9 Å². The van der Waals surface area contributed by atoms with Crippen LogP contribution in [0.2, 0.25) is 0 Å². The molecule has 0 heterocycles. The van der Waals surface area contributed by atoms with Crippen LogP contribution in [0.15, 0.2) is 35.2 Å². The smallest absolute Gasteiger partial charge is 0.192 e. The van der Waals surface area contributed by atoms with Gasteiger partial charge in [-0.2, -0.15) is 0 Å². The topological polar surface area (TPSA) is 46.2 Å². The Labute approximate surface area is 105 Å². The van der Waals surface area contributed by atoms with Crippen molar-refractivity contribution in [2.75, 3.05) is 6.54 Å². The lowest BCUT2D eigenvalue weighted by atomic mass is 10.4. The molecular weight excluding hydrogens is 290 g/mol. The van der Waals surface area contributed by atoms with Gasteiger partial charge >= 0.3 is 0 Å². The van der Waals surface area contributed by atoms with Crippen LogP contribution in [-0.2, 0) is 9.84 Å². The number of hydrogen-bond donors (Lipinski definition) is 1. The molecule has 5 heteroatoms. The Balaban J connectivity index is 2.79. The first-order valence-electron chi connectivity index (χ1n) is 5.11. The van der Waals surface area contributed by atoms with Gasteiger partial charge in [0.25, 0.3) is 0 Å². The Morgan fingerprint density at radius 1 is 1.25 bits per heavy atom. The molecule has 1 aromatic carbocycles. The second-order valence-electron chi connectivity index (χ2n) is 3.83. The molecule has 1 atom stereocenters. The fourth-order valence-corrected chi connectivity index (χ4v) is 3.18. The van der Waals surface area contributed by atoms with E-state index in [0.717, 1.165) is 0 Å². The number of sulfone groups is 1. The predicted molar refractivity (Wildman–Crippen MR) is 69.5 cm³/mol. The van der Waals surface area contributed by atoms with Crippen molar-refractivity contribution in [3.63, 3.8) is 0 Å². The monoisotopic (exact) mass is 305 g/mol. The molecule has 0 aliphatic heterocycles. The molecule has 0 saturated heterocycles. The Kier molecular flexibility index (Phi) is 4.95. The SMILES string of the molecule is CC(C)NCC(Br)S(=O)(=O)c1ccccc1. The normalized spacial score (nSPS) is 14.0. The third-order valence-corrected chi connectivity index (χ3v) is 5.66. The van der Waals surface area contributed by atoms with Gasteiger partial charge < -0.3 is 5.32 Å². The highest BCUT2D eigenvalue weighted by Gasteiger charge is 2.24. The van der Waals surface area contributed by atoms with Crippen LogP contribution < -0.4 is 5.32 Å². The third-order valence-electron chi connectivity index (χ3n) is 2.10. The molecule has 0 amide bonds. The van der Waals surface area contributed by atoms with Crippen LogP contribution in [0, 0.1) is 0 Å². The van der Waals surface area contributed by atoms with E-state index >= 15 is 0 Å². The van der Waals surface area contributed by atoms with Crippen LogP contribution in [0.25, 0.3) is 0 Å². The summed E-state index contributed by atoms with van der Waals surface area (Å²) in [5, 5.41) is 3.10. The van der Waals surface area contributed by atoms with Crippen molar-refractivity contribution < 1.29 is 8.42 Å². The van der Waals surface area contributed by atoms with Crippen LogP contribution in [0.5, 0.6) is 0 Å². The molecule has 1 rings (SSSR count). The van der Waals surface area contributed by atoms with Crippen LogP contribution in [-0.4, -0.2) is 25.2 Å². The van der Waals surface area contributed by atoms with Crippen LogP contribution in [0.3, 0.4) is 0 Å². The molecule has 0 bridgehead atoms. The van der Waals surface area contributed by atoms with Gasteiger partial charge in [-0.3, -0.25) is 0 Å². The van der Waals surface area contributed by atoms with Gasteiger partial charge in [0.05, 0.1) is 4.90 Å². The first-order valence-corrected chi connectivity index (χ1v) is 7.57. The summed E-state index contributed by atoms with van der Waals surface area (Å²) in [6, 6.07) is 8.74. The molecule has 16 heavy (non-hydrogen) atoms. The number of alkyl halides is 1. The summed E-state index contributed by atoms with van der Waals surface area (Å²) >= 11 is 3.21. The molecule has 90 valence electrons. The maximum atomic E-state index is 12.1. The zero-order chi connectivity index (χ0) is 12.2. The molecule has 0 aliphatic rings. The average molecular weight is 306 g/mol. The summed E-state index contributed by atoms with van der Waals surface area (Å²) in [6.45, 7) is 4.36. The Hall–Kier alpha value is -0.390. The first kappa shape index (κ1) is 13.7. The standard InChI is InChI=1S/C11H16BrNO2S/c1-9(2)13-8-11(12)16(14,15)10-6-4-3-5-7-10/h3-7,9,11,13H,8H2,1-2H3. The average Bonchev–Trinajstić information content (AvgIpc) is 2.27. The highest BCUT2D eigenvalue weighted by Crippen LogP contribution is 2.19. The number of nitrogens with one attached hydrogen (secondary N) is 1. The number of halogens is 1. The van der Waals surface area contributed by atoms with E-state index in [1.54, 1.807) is 30.3 Å². The summed E-state index contributed by atoms with van der Waals surface area (Å²) in [5.41, 5.74) is 0. The van der Waals surface area contributed by atoms with E-state index in [1.165, 1.54) is 0 Å². The first-order chi connectivity index (χ1) is 7.44. The number of hydrogen-bond acceptors (Lipinski definition) is 3. The highest BCUT2D eigenvalue weighted by atomic mass is 79.9. The fourth-order valence-electron chi connectivity index (χ4n) is 1.20. The van der Waals surface area contributed by atoms with Crippen molar-refractivity contribution in [2.24, 2.45) is 0 Å². The van der Waals surface area contributed by atoms with Crippen molar-refractivity contribution >= 4 is 25.8 Å². The summed E-state index contributed by atoms with van der Waals surface area (Å²) in [4.78, 5) is 0.349. The zero-order valence-corrected chi connectivity index (χ0v) is 11.8. The van der Waals surface area contributed by atoms with Gasteiger partial charge in [-0.25, -0.2) is 8.42 Å². The van der Waals surface area contributed by atoms with Gasteiger partial charge in [-0.1, -0.05) is 48.0 Å². The fraction of sp³-hybridized carbons (Fsp3) is 0.455. The molecule has 1 N–H and O–H groups in total. The molecule has 0 saturated carbocycles. The van der Waals surface area contributed by atoms with Gasteiger partial charge in [-0.15, -0.1) is 0 Å². The minimum Gasteiger partial charge on any atom is -0.312 e. The number of benzene rings is 1. The second-order valence-corrected chi connectivity index (χ2v) is 7.67. The molecule has 0 aromatic heterocycles. The lowest BCUT2D eigenvalue weighted by Crippen LogP contribution is -2.33. The molecule has 1 unspecified atom stereocenters. The van der Waals surface area contributed by atoms with E-state index in [2.05, 4.69) is 21.2 Å². The zero-order valence-electron chi connectivity index (χ0n) is 9.35. The quantitative estimate of drug-likeness (QED) is 0.848. The van der Waals surface area contributed by atoms with Crippen molar-refractivity contribution in [3.8, 4) is 0 Å². The highest BCUT2D eigenvalue weighted by molar-refractivity contribution is 9.11. The molecular formula is C11H16BrNO2S. The van der Waals surface area contributed by atoms with Crippen LogP contribution in [0.4, 0.5) is 0 Å². The van der Waals surface area contributed by atoms with Crippen molar-refractivity contribution in [1.82, 2.24) is 5.32 Å². The van der Waals surface area contributed by atoms with Crippen molar-refractivity contribution in [1.29, 1.82) is 0 Å². The summed E-state index contributed by atoms with van der Waals surface area (Å²) < 4.78 is 23.5. The number of rotatable bonds is 5. The Morgan fingerprint density at radius 3 is 2.31 bits per heavy atom. The minimum absolute atomic E-state index is 0.269. The van der Waals surface area contributed by atoms with Gasteiger partial charge in [0.15, 0.2) is 9.84 Å². The van der Waals surface area contributed by atoms with E-state index in [0.29, 0.717) is 11.4 Å². The summed E-state index contributed by atoms with van der Waals surface area (Å²) in [7, 11) is -3.28. The van der Waals surface area contributed by atoms with Gasteiger partial charge in [0, 0.05) is 12.6 Å². The molecule has 0 fully saturated rings. The third kappa shape index (κ3) is 3.57. The maximum Gasteiger partial charge on any atom is 0.192 e. The molecule has 0 aliphatic carbocycles. The Bertz CT molecular complexity index is 417. The molecule has 1 aromatic rings. The summed E-state index contributed by atoms with van der Waals surface area (Å²) in [6.07, 6.45) is 0. The van der Waals surface area contributed by atoms with Gasteiger partial charge in [-0.05, 0) is 12.1 Å². The van der Waals surface area contributed by atoms with E-state index in [1.807, 2.05) is 13.8 Å². The van der Waals surface area contributed by atoms with Gasteiger partial charge in [0.1, 0.15) is 4.16 Å². The predicted octanol–water partition coefficient (Wildman–Crippen LogP) is 2.18. The van der Waals surface area contributed by atoms with E-state index in [4.69, 9.17) is 0 Å². The van der Waals surface area contributed by atoms with E-state index in [9.17, 15) is 8.42 Å². The molecule has 3 nitrogen and oxygen atoms in total. The van der Waals surface area contributed by atoms with Crippen LogP contribution in [0.1, 0.15) is 13.8 Å². The Morgan fingerprint density at radius 2 is 1.81 bits per heavy atom. The second kappa shape index (κ2) is 5.80. The summed E-state index contributed by atoms with van der Waals surface area (Å²) in [5.74, 6) is 0. The van der Waals surface area contributed by atoms with E-state index < -0.39 is 14.0 Å².